The summed E-state index contributed by atoms with van der Waals surface area (Å²) in [4.78, 5) is 11.9. The molecule has 1 aromatic carbocycles. The van der Waals surface area contributed by atoms with E-state index in [0.29, 0.717) is 17.3 Å². The summed E-state index contributed by atoms with van der Waals surface area (Å²) in [6.07, 6.45) is 5.99. The number of hydrogen-bond donors (Lipinski definition) is 1. The average Bonchev–Trinajstić information content (AvgIpc) is 3.13. The zero-order valence-electron chi connectivity index (χ0n) is 15.3. The molecule has 2 heterocycles. The van der Waals surface area contributed by atoms with Crippen LogP contribution in [0.25, 0.3) is 16.8 Å². The van der Waals surface area contributed by atoms with Crippen LogP contribution in [0, 0.1) is 0 Å². The van der Waals surface area contributed by atoms with E-state index < -0.39 is 0 Å². The number of pyridine rings is 1. The van der Waals surface area contributed by atoms with E-state index in [0.717, 1.165) is 23.2 Å². The number of nitrogens with zero attached hydrogens (tertiary/aromatic N) is 3. The summed E-state index contributed by atoms with van der Waals surface area (Å²) in [7, 11) is 0. The maximum atomic E-state index is 11.9. The van der Waals surface area contributed by atoms with Gasteiger partial charge in [-0.1, -0.05) is 18.5 Å². The first-order valence-electron chi connectivity index (χ1n) is 8.84. The van der Waals surface area contributed by atoms with Crippen molar-refractivity contribution in [3.05, 3.63) is 64.3 Å². The molecule has 6 nitrogen and oxygen atoms in total. The molecule has 142 valence electrons. The topological polar surface area (TPSA) is 69.3 Å². The van der Waals surface area contributed by atoms with Crippen molar-refractivity contribution in [2.75, 3.05) is 6.61 Å². The van der Waals surface area contributed by atoms with Gasteiger partial charge in [0.15, 0.2) is 0 Å². The monoisotopic (exact) mass is 387 g/mol. The molecule has 0 spiro atoms. The fourth-order valence-electron chi connectivity index (χ4n) is 2.75. The Morgan fingerprint density at radius 2 is 2.07 bits per heavy atom. The normalized spacial score (nSPS) is 12.1. The molecule has 0 aliphatic heterocycles. The lowest BCUT2D eigenvalue weighted by molar-refractivity contribution is 0.130. The number of aliphatic hydroxyl groups is 1. The maximum Gasteiger partial charge on any atom is 0.250 e. The lowest BCUT2D eigenvalue weighted by Crippen LogP contribution is -2.19. The van der Waals surface area contributed by atoms with Gasteiger partial charge in [-0.25, -0.2) is 4.68 Å². The Bertz CT molecular complexity index is 981. The molecule has 0 aliphatic carbocycles. The lowest BCUT2D eigenvalue weighted by atomic mass is 10.1. The largest absolute Gasteiger partial charge is 0.488 e. The number of halogens is 1. The molecule has 7 heteroatoms. The molecule has 0 fully saturated rings. The third kappa shape index (κ3) is 4.40. The number of hydrogen-bond acceptors (Lipinski definition) is 4. The van der Waals surface area contributed by atoms with E-state index in [2.05, 4.69) is 5.10 Å². The fourth-order valence-corrected chi connectivity index (χ4v) is 3.03. The zero-order valence-corrected chi connectivity index (χ0v) is 16.1. The van der Waals surface area contributed by atoms with Gasteiger partial charge in [-0.3, -0.25) is 4.79 Å². The first kappa shape index (κ1) is 19.2. The minimum atomic E-state index is -0.298. The van der Waals surface area contributed by atoms with Crippen LogP contribution < -0.4 is 10.3 Å². The van der Waals surface area contributed by atoms with Crippen LogP contribution in [0.2, 0.25) is 5.02 Å². The quantitative estimate of drug-likeness (QED) is 0.673. The fraction of sp³-hybridized carbons (Fsp3) is 0.300. The number of aromatic nitrogens is 3. The first-order valence-corrected chi connectivity index (χ1v) is 9.22. The molecule has 1 N–H and O–H groups in total. The van der Waals surface area contributed by atoms with Gasteiger partial charge in [0.1, 0.15) is 11.9 Å². The number of rotatable bonds is 7. The number of aryl methyl sites for hydroxylation is 1. The highest BCUT2D eigenvalue weighted by Crippen LogP contribution is 2.31. The Morgan fingerprint density at radius 3 is 2.78 bits per heavy atom. The van der Waals surface area contributed by atoms with Crippen molar-refractivity contribution in [3.63, 3.8) is 0 Å². The van der Waals surface area contributed by atoms with E-state index in [1.165, 1.54) is 0 Å². The van der Waals surface area contributed by atoms with Crippen molar-refractivity contribution in [2.24, 2.45) is 0 Å². The maximum absolute atomic E-state index is 11.9. The summed E-state index contributed by atoms with van der Waals surface area (Å²) in [5.41, 5.74) is 2.47. The van der Waals surface area contributed by atoms with Crippen molar-refractivity contribution in [2.45, 2.75) is 32.9 Å². The Hall–Kier alpha value is -2.57. The van der Waals surface area contributed by atoms with Gasteiger partial charge in [-0.2, -0.15) is 5.10 Å². The van der Waals surface area contributed by atoms with Crippen molar-refractivity contribution in [1.29, 1.82) is 0 Å². The van der Waals surface area contributed by atoms with Crippen LogP contribution in [0.5, 0.6) is 5.75 Å². The van der Waals surface area contributed by atoms with Gasteiger partial charge in [0, 0.05) is 36.1 Å². The van der Waals surface area contributed by atoms with E-state index in [1.807, 2.05) is 25.3 Å². The second-order valence-corrected chi connectivity index (χ2v) is 6.75. The number of benzene rings is 1. The summed E-state index contributed by atoms with van der Waals surface area (Å²) in [6.45, 7) is 4.41. The van der Waals surface area contributed by atoms with E-state index in [9.17, 15) is 4.79 Å². The van der Waals surface area contributed by atoms with Crippen LogP contribution in [-0.4, -0.2) is 32.2 Å². The molecule has 1 unspecified atom stereocenters. The minimum absolute atomic E-state index is 0.0243. The van der Waals surface area contributed by atoms with Gasteiger partial charge in [-0.05, 0) is 37.6 Å². The minimum Gasteiger partial charge on any atom is -0.488 e. The molecule has 0 radical (unpaired) electrons. The van der Waals surface area contributed by atoms with Gasteiger partial charge in [0.05, 0.1) is 23.5 Å². The predicted molar refractivity (Wildman–Crippen MR) is 106 cm³/mol. The molecule has 3 rings (SSSR count). The van der Waals surface area contributed by atoms with Crippen LogP contribution in [0.4, 0.5) is 0 Å². The Labute approximate surface area is 162 Å². The highest BCUT2D eigenvalue weighted by molar-refractivity contribution is 6.33. The molecule has 2 aromatic heterocycles. The molecule has 0 aliphatic rings. The SMILES string of the molecule is CCCn1cc(-n2cc(-c3ccc(OC(C)CO)cc3Cl)cn2)ccc1=O. The summed E-state index contributed by atoms with van der Waals surface area (Å²) in [5, 5.41) is 14.0. The zero-order chi connectivity index (χ0) is 19.4. The summed E-state index contributed by atoms with van der Waals surface area (Å²) < 4.78 is 8.97. The average molecular weight is 388 g/mol. The highest BCUT2D eigenvalue weighted by Gasteiger charge is 2.10. The van der Waals surface area contributed by atoms with Gasteiger partial charge in [0.2, 0.25) is 0 Å². The molecule has 0 bridgehead atoms. The molecular weight excluding hydrogens is 366 g/mol. The van der Waals surface area contributed by atoms with Crippen molar-refractivity contribution in [1.82, 2.24) is 14.3 Å². The lowest BCUT2D eigenvalue weighted by Gasteiger charge is -2.13. The summed E-state index contributed by atoms with van der Waals surface area (Å²) in [5.74, 6) is 0.601. The van der Waals surface area contributed by atoms with Crippen LogP contribution in [0.15, 0.2) is 53.7 Å². The highest BCUT2D eigenvalue weighted by atomic mass is 35.5. The van der Waals surface area contributed by atoms with E-state index in [-0.39, 0.29) is 18.3 Å². The summed E-state index contributed by atoms with van der Waals surface area (Å²) >= 11 is 6.41. The van der Waals surface area contributed by atoms with Gasteiger partial charge < -0.3 is 14.4 Å². The number of ether oxygens (including phenoxy) is 1. The second kappa shape index (κ2) is 8.41. The van der Waals surface area contributed by atoms with Gasteiger partial charge in [-0.15, -0.1) is 0 Å². The molecular formula is C20H22ClN3O3. The van der Waals surface area contributed by atoms with Crippen LogP contribution >= 0.6 is 11.6 Å². The Morgan fingerprint density at radius 1 is 1.26 bits per heavy atom. The van der Waals surface area contributed by atoms with Gasteiger partial charge in [0.25, 0.3) is 5.56 Å². The standard InChI is InChI=1S/C20H22ClN3O3/c1-3-8-23-12-16(4-7-20(23)26)24-11-15(10-22-24)18-6-5-17(9-19(18)21)27-14(2)13-25/h4-7,9-12,14,25H,3,8,13H2,1-2H3. The Balaban J connectivity index is 1.88. The molecule has 27 heavy (non-hydrogen) atoms. The van der Waals surface area contributed by atoms with E-state index in [4.69, 9.17) is 21.4 Å². The molecule has 1 atom stereocenters. The second-order valence-electron chi connectivity index (χ2n) is 6.35. The van der Waals surface area contributed by atoms with Gasteiger partial charge >= 0.3 is 0 Å². The third-order valence-corrected chi connectivity index (χ3v) is 4.44. The smallest absolute Gasteiger partial charge is 0.250 e. The number of aliphatic hydroxyl groups excluding tert-OH is 1. The van der Waals surface area contributed by atoms with Crippen LogP contribution in [0.3, 0.4) is 0 Å². The van der Waals surface area contributed by atoms with E-state index in [1.54, 1.807) is 46.8 Å². The van der Waals surface area contributed by atoms with Crippen molar-refractivity contribution >= 4 is 11.6 Å². The molecule has 0 saturated heterocycles. The predicted octanol–water partition coefficient (Wildman–Crippen LogP) is 3.52. The van der Waals surface area contributed by atoms with Crippen LogP contribution in [-0.2, 0) is 6.54 Å². The molecule has 0 saturated carbocycles. The molecule has 0 amide bonds. The van der Waals surface area contributed by atoms with Crippen LogP contribution in [0.1, 0.15) is 20.3 Å². The Kier molecular flexibility index (Phi) is 5.98. The molecule has 3 aromatic rings. The van der Waals surface area contributed by atoms with Crippen molar-refractivity contribution in [3.8, 4) is 22.6 Å². The third-order valence-electron chi connectivity index (χ3n) is 4.13. The van der Waals surface area contributed by atoms with E-state index >= 15 is 0 Å². The first-order chi connectivity index (χ1) is 13.0. The van der Waals surface area contributed by atoms with Crippen molar-refractivity contribution < 1.29 is 9.84 Å². The summed E-state index contributed by atoms with van der Waals surface area (Å²) in [6, 6.07) is 8.70.